The van der Waals surface area contributed by atoms with E-state index in [2.05, 4.69) is 10.2 Å². The van der Waals surface area contributed by atoms with Gasteiger partial charge in [0.1, 0.15) is 5.82 Å². The van der Waals surface area contributed by atoms with Gasteiger partial charge in [-0.3, -0.25) is 5.10 Å². The van der Waals surface area contributed by atoms with Gasteiger partial charge in [0.15, 0.2) is 0 Å². The predicted molar refractivity (Wildman–Crippen MR) is 75.6 cm³/mol. The molecule has 1 aromatic carbocycles. The van der Waals surface area contributed by atoms with Crippen LogP contribution in [0.5, 0.6) is 0 Å². The maximum absolute atomic E-state index is 14.0. The molecule has 0 aliphatic rings. The van der Waals surface area contributed by atoms with Crippen molar-refractivity contribution in [2.24, 2.45) is 0 Å². The molecule has 2 rings (SSSR count). The van der Waals surface area contributed by atoms with Crippen molar-refractivity contribution in [3.05, 3.63) is 41.3 Å². The highest BCUT2D eigenvalue weighted by molar-refractivity contribution is 5.63. The van der Waals surface area contributed by atoms with E-state index in [1.54, 1.807) is 6.20 Å². The molecule has 0 aliphatic heterocycles. The van der Waals surface area contributed by atoms with E-state index >= 15 is 0 Å². The Labute approximate surface area is 125 Å². The number of rotatable bonds is 5. The quantitative estimate of drug-likeness (QED) is 0.843. The molecule has 0 unspecified atom stereocenters. The number of hydrogen-bond acceptors (Lipinski definition) is 2. The minimum Gasteiger partial charge on any atom is -0.302 e. The second-order valence-electron chi connectivity index (χ2n) is 5.19. The van der Waals surface area contributed by atoms with E-state index in [4.69, 9.17) is 0 Å². The van der Waals surface area contributed by atoms with Crippen molar-refractivity contribution in [1.82, 2.24) is 15.1 Å². The normalized spacial score (nSPS) is 12.1. The molecule has 0 spiro atoms. The Kier molecular flexibility index (Phi) is 4.85. The molecule has 0 atom stereocenters. The first-order valence-corrected chi connectivity index (χ1v) is 6.91. The van der Waals surface area contributed by atoms with Gasteiger partial charge in [0.05, 0.1) is 11.3 Å². The average Bonchev–Trinajstić information content (AvgIpc) is 2.85. The molecule has 7 heteroatoms. The van der Waals surface area contributed by atoms with Crippen molar-refractivity contribution in [3.63, 3.8) is 0 Å². The van der Waals surface area contributed by atoms with Gasteiger partial charge in [0.2, 0.25) is 0 Å². The Balaban J connectivity index is 2.31. The van der Waals surface area contributed by atoms with Gasteiger partial charge in [-0.1, -0.05) is 6.92 Å². The molecular formula is C15H17F4N3. The first kappa shape index (κ1) is 16.5. The number of aromatic nitrogens is 2. The molecule has 120 valence electrons. The number of H-pyrrole nitrogens is 1. The Bertz CT molecular complexity index is 634. The highest BCUT2D eigenvalue weighted by atomic mass is 19.4. The highest BCUT2D eigenvalue weighted by Crippen LogP contribution is 2.33. The first-order chi connectivity index (χ1) is 10.3. The lowest BCUT2D eigenvalue weighted by atomic mass is 10.0. The standard InChI is InChI=1S/C15H17F4N3/c1-3-6-22(2)9-10-8-20-21-14(10)12-5-4-11(7-13(12)16)15(17,18)19/h4-5,7-8H,3,6,9H2,1-2H3,(H,20,21). The van der Waals surface area contributed by atoms with Gasteiger partial charge in [-0.05, 0) is 38.2 Å². The SMILES string of the molecule is CCCN(C)Cc1c[nH]nc1-c1ccc(C(F)(F)F)cc1F. The second kappa shape index (κ2) is 6.48. The van der Waals surface area contributed by atoms with Gasteiger partial charge in [0.25, 0.3) is 0 Å². The predicted octanol–water partition coefficient (Wildman–Crippen LogP) is 4.08. The van der Waals surface area contributed by atoms with Gasteiger partial charge in [0, 0.05) is 23.9 Å². The first-order valence-electron chi connectivity index (χ1n) is 6.91. The number of alkyl halides is 3. The van der Waals surface area contributed by atoms with Gasteiger partial charge < -0.3 is 4.90 Å². The van der Waals surface area contributed by atoms with Crippen molar-refractivity contribution < 1.29 is 17.6 Å². The van der Waals surface area contributed by atoms with Crippen LogP contribution in [-0.4, -0.2) is 28.7 Å². The summed E-state index contributed by atoms with van der Waals surface area (Å²) in [6, 6.07) is 2.49. The molecule has 0 bridgehead atoms. The van der Waals surface area contributed by atoms with Gasteiger partial charge in [-0.15, -0.1) is 0 Å². The molecule has 3 nitrogen and oxygen atoms in total. The molecule has 0 saturated heterocycles. The molecule has 0 saturated carbocycles. The van der Waals surface area contributed by atoms with Crippen LogP contribution in [0.3, 0.4) is 0 Å². The molecule has 0 fully saturated rings. The van der Waals surface area contributed by atoms with E-state index in [-0.39, 0.29) is 5.56 Å². The Morgan fingerprint density at radius 1 is 1.27 bits per heavy atom. The van der Waals surface area contributed by atoms with E-state index in [0.29, 0.717) is 18.3 Å². The van der Waals surface area contributed by atoms with E-state index < -0.39 is 17.6 Å². The fourth-order valence-corrected chi connectivity index (χ4v) is 2.30. The summed E-state index contributed by atoms with van der Waals surface area (Å²) in [5.41, 5.74) is 0.145. The molecule has 0 amide bonds. The smallest absolute Gasteiger partial charge is 0.302 e. The Morgan fingerprint density at radius 3 is 2.59 bits per heavy atom. The lowest BCUT2D eigenvalue weighted by Gasteiger charge is -2.15. The average molecular weight is 315 g/mol. The third kappa shape index (κ3) is 3.65. The van der Waals surface area contributed by atoms with E-state index in [9.17, 15) is 17.6 Å². The molecule has 1 N–H and O–H groups in total. The van der Waals surface area contributed by atoms with Crippen LogP contribution in [0.4, 0.5) is 17.6 Å². The number of nitrogens with one attached hydrogen (secondary N) is 1. The molecule has 2 aromatic rings. The van der Waals surface area contributed by atoms with E-state index in [0.717, 1.165) is 30.7 Å². The van der Waals surface area contributed by atoms with Crippen LogP contribution < -0.4 is 0 Å². The monoisotopic (exact) mass is 315 g/mol. The lowest BCUT2D eigenvalue weighted by molar-refractivity contribution is -0.137. The zero-order valence-electron chi connectivity index (χ0n) is 12.3. The Morgan fingerprint density at radius 2 is 2.00 bits per heavy atom. The third-order valence-electron chi connectivity index (χ3n) is 3.32. The fraction of sp³-hybridized carbons (Fsp3) is 0.400. The van der Waals surface area contributed by atoms with E-state index in [1.807, 2.05) is 18.9 Å². The number of hydrogen-bond donors (Lipinski definition) is 1. The zero-order valence-corrected chi connectivity index (χ0v) is 12.3. The minimum absolute atomic E-state index is 0.0640. The minimum atomic E-state index is -4.56. The van der Waals surface area contributed by atoms with Gasteiger partial charge in [-0.25, -0.2) is 4.39 Å². The summed E-state index contributed by atoms with van der Waals surface area (Å²) in [6.07, 6.45) is -1.95. The van der Waals surface area contributed by atoms with Gasteiger partial charge >= 0.3 is 6.18 Å². The van der Waals surface area contributed by atoms with Crippen LogP contribution >= 0.6 is 0 Å². The third-order valence-corrected chi connectivity index (χ3v) is 3.32. The summed E-state index contributed by atoms with van der Waals surface area (Å²) in [5.74, 6) is -0.929. The van der Waals surface area contributed by atoms with Crippen LogP contribution in [0.25, 0.3) is 11.3 Å². The molecular weight excluding hydrogens is 298 g/mol. The summed E-state index contributed by atoms with van der Waals surface area (Å²) < 4.78 is 51.8. The lowest BCUT2D eigenvalue weighted by Crippen LogP contribution is -2.18. The van der Waals surface area contributed by atoms with Crippen molar-refractivity contribution in [1.29, 1.82) is 0 Å². The maximum Gasteiger partial charge on any atom is 0.416 e. The molecule has 1 aromatic heterocycles. The molecule has 0 aliphatic carbocycles. The molecule has 22 heavy (non-hydrogen) atoms. The van der Waals surface area contributed by atoms with Crippen LogP contribution in [0.2, 0.25) is 0 Å². The van der Waals surface area contributed by atoms with Crippen LogP contribution in [0, 0.1) is 5.82 Å². The zero-order chi connectivity index (χ0) is 16.3. The summed E-state index contributed by atoms with van der Waals surface area (Å²) in [4.78, 5) is 2.04. The summed E-state index contributed by atoms with van der Waals surface area (Å²) in [6.45, 7) is 3.45. The van der Waals surface area contributed by atoms with Crippen molar-refractivity contribution in [2.75, 3.05) is 13.6 Å². The largest absolute Gasteiger partial charge is 0.416 e. The summed E-state index contributed by atoms with van der Waals surface area (Å²) >= 11 is 0. The van der Waals surface area contributed by atoms with Crippen LogP contribution in [-0.2, 0) is 12.7 Å². The van der Waals surface area contributed by atoms with Gasteiger partial charge in [-0.2, -0.15) is 18.3 Å². The van der Waals surface area contributed by atoms with Crippen molar-refractivity contribution in [3.8, 4) is 11.3 Å². The summed E-state index contributed by atoms with van der Waals surface area (Å²) in [7, 11) is 1.92. The highest BCUT2D eigenvalue weighted by Gasteiger charge is 2.31. The van der Waals surface area contributed by atoms with E-state index in [1.165, 1.54) is 0 Å². The molecule has 0 radical (unpaired) electrons. The van der Waals surface area contributed by atoms with Crippen LogP contribution in [0.15, 0.2) is 24.4 Å². The number of benzene rings is 1. The second-order valence-corrected chi connectivity index (χ2v) is 5.19. The maximum atomic E-state index is 14.0. The topological polar surface area (TPSA) is 31.9 Å². The summed E-state index contributed by atoms with van der Waals surface area (Å²) in [5, 5.41) is 6.63. The number of nitrogens with zero attached hydrogens (tertiary/aromatic N) is 2. The van der Waals surface area contributed by atoms with Crippen molar-refractivity contribution in [2.45, 2.75) is 26.1 Å². The number of halogens is 4. The van der Waals surface area contributed by atoms with Crippen molar-refractivity contribution >= 4 is 0 Å². The molecule has 1 heterocycles. The number of aromatic amines is 1. The fourth-order valence-electron chi connectivity index (χ4n) is 2.30. The Hall–Kier alpha value is -1.89. The van der Waals surface area contributed by atoms with Crippen LogP contribution in [0.1, 0.15) is 24.5 Å².